The predicted molar refractivity (Wildman–Crippen MR) is 228 cm³/mol. The van der Waals surface area contributed by atoms with Crippen LogP contribution in [-0.2, 0) is 17.5 Å². The molecule has 306 valence electrons. The highest BCUT2D eigenvalue weighted by Crippen LogP contribution is 2.57. The van der Waals surface area contributed by atoms with E-state index >= 15 is 13.2 Å². The number of thiol groups is 1. The van der Waals surface area contributed by atoms with Gasteiger partial charge < -0.3 is 9.64 Å². The smallest absolute Gasteiger partial charge is 0.416 e. The van der Waals surface area contributed by atoms with Gasteiger partial charge in [0.25, 0.3) is 0 Å². The molecule has 2 aliphatic rings. The number of carbonyl (C=O) groups is 1. The Morgan fingerprint density at radius 3 is 2.16 bits per heavy atom. The molecule has 0 aliphatic carbocycles. The van der Waals surface area contributed by atoms with E-state index in [1.54, 1.807) is 54.0 Å². The molecule has 1 fully saturated rings. The summed E-state index contributed by atoms with van der Waals surface area (Å²) in [7, 11) is -3.70. The van der Waals surface area contributed by atoms with Crippen molar-refractivity contribution in [2.75, 3.05) is 23.7 Å². The fourth-order valence-electron chi connectivity index (χ4n) is 9.54. The molecule has 56 heavy (non-hydrogen) atoms. The normalized spacial score (nSPS) is 21.7. The number of rotatable bonds is 7. The number of nitrogens with zero attached hydrogens (tertiary/aromatic N) is 5. The molecule has 6 rings (SSSR count). The molecule has 1 unspecified atom stereocenters. The van der Waals surface area contributed by atoms with Crippen LogP contribution < -0.4 is 15.1 Å². The minimum absolute atomic E-state index is 0.196. The van der Waals surface area contributed by atoms with E-state index in [1.807, 2.05) is 36.9 Å². The van der Waals surface area contributed by atoms with Gasteiger partial charge in [0.15, 0.2) is 0 Å². The number of pyridine rings is 1. The summed E-state index contributed by atoms with van der Waals surface area (Å²) in [5.41, 5.74) is 0.519. The first-order valence-electron chi connectivity index (χ1n) is 19.4. The van der Waals surface area contributed by atoms with Crippen LogP contribution >= 0.6 is 33.8 Å². The Balaban J connectivity index is 1.60. The molecule has 15 heteroatoms. The molecule has 8 nitrogen and oxygen atoms in total. The van der Waals surface area contributed by atoms with E-state index in [1.165, 1.54) is 10.6 Å². The van der Waals surface area contributed by atoms with Crippen molar-refractivity contribution in [3.63, 3.8) is 0 Å². The van der Waals surface area contributed by atoms with E-state index < -0.39 is 48.1 Å². The van der Waals surface area contributed by atoms with Gasteiger partial charge in [-0.25, -0.2) is 9.59 Å². The second-order valence-corrected chi connectivity index (χ2v) is 27.6. The third kappa shape index (κ3) is 7.76. The third-order valence-electron chi connectivity index (χ3n) is 11.6. The van der Waals surface area contributed by atoms with Gasteiger partial charge >= 0.3 is 18.0 Å². The summed E-state index contributed by atoms with van der Waals surface area (Å²) in [5, 5.41) is 0.969. The number of alkyl halides is 3. The van der Waals surface area contributed by atoms with E-state index in [0.717, 1.165) is 15.8 Å². The average molecular weight is 851 g/mol. The Morgan fingerprint density at radius 1 is 1.00 bits per heavy atom. The number of hydrogen-bond donors (Lipinski definition) is 1. The van der Waals surface area contributed by atoms with Gasteiger partial charge in [0, 0.05) is 56.9 Å². The summed E-state index contributed by atoms with van der Waals surface area (Å²) >= 11 is 8.97. The zero-order valence-electron chi connectivity index (χ0n) is 34.2. The molecule has 0 bridgehead atoms. The van der Waals surface area contributed by atoms with Crippen molar-refractivity contribution < 1.29 is 22.7 Å². The Morgan fingerprint density at radius 2 is 1.62 bits per heavy atom. The van der Waals surface area contributed by atoms with Gasteiger partial charge in [-0.1, -0.05) is 59.2 Å². The highest BCUT2D eigenvalue weighted by Gasteiger charge is 2.48. The largest absolute Gasteiger partial charge is 0.444 e. The van der Waals surface area contributed by atoms with E-state index in [9.17, 15) is 9.59 Å². The second kappa shape index (κ2) is 15.6. The van der Waals surface area contributed by atoms with Crippen LogP contribution in [-0.4, -0.2) is 70.1 Å². The van der Waals surface area contributed by atoms with Gasteiger partial charge in [-0.05, 0) is 86.8 Å². The topological polar surface area (TPSA) is 80.6 Å². The number of aromatic nitrogens is 3. The maximum absolute atomic E-state index is 15.1. The average Bonchev–Trinajstić information content (AvgIpc) is 3.36. The van der Waals surface area contributed by atoms with Crippen molar-refractivity contribution in [2.45, 2.75) is 138 Å². The van der Waals surface area contributed by atoms with Gasteiger partial charge in [0.05, 0.1) is 28.2 Å². The van der Waals surface area contributed by atoms with Crippen molar-refractivity contribution in [3.05, 3.63) is 69.4 Å². The summed E-state index contributed by atoms with van der Waals surface area (Å²) in [4.78, 5) is 40.6. The van der Waals surface area contributed by atoms with Gasteiger partial charge in [-0.3, -0.25) is 14.5 Å². The molecule has 3 aromatic heterocycles. The minimum Gasteiger partial charge on any atom is -0.444 e. The van der Waals surface area contributed by atoms with Crippen LogP contribution in [0.3, 0.4) is 0 Å². The molecule has 1 amide bonds. The molecular formula is C41H55ClF3N5O3S2Si. The van der Waals surface area contributed by atoms with Crippen molar-refractivity contribution in [1.82, 2.24) is 19.4 Å². The maximum atomic E-state index is 15.1. The molecule has 0 saturated carbocycles. The number of anilines is 1. The second-order valence-electron chi connectivity index (χ2n) is 17.5. The van der Waals surface area contributed by atoms with Crippen molar-refractivity contribution in [3.8, 4) is 0 Å². The number of carbonyl (C=O) groups excluding carboxylic acids is 1. The first-order chi connectivity index (χ1) is 26.1. The molecule has 0 radical (unpaired) electrons. The van der Waals surface area contributed by atoms with E-state index in [0.29, 0.717) is 37.8 Å². The molecule has 4 aromatic rings. The molecule has 1 saturated heterocycles. The van der Waals surface area contributed by atoms with E-state index in [-0.39, 0.29) is 48.8 Å². The summed E-state index contributed by atoms with van der Waals surface area (Å²) in [6.07, 6.45) is -1.65. The number of halogens is 4. The highest BCUT2D eigenvalue weighted by molar-refractivity contribution is 8.18. The summed E-state index contributed by atoms with van der Waals surface area (Å²) in [6.45, 7) is 23.6. The van der Waals surface area contributed by atoms with Crippen LogP contribution in [0.15, 0.2) is 56.6 Å². The Hall–Kier alpha value is -3.07. The van der Waals surface area contributed by atoms with E-state index in [2.05, 4.69) is 51.5 Å². The summed E-state index contributed by atoms with van der Waals surface area (Å²) in [6, 6.07) is 7.52. The van der Waals surface area contributed by atoms with Gasteiger partial charge in [-0.2, -0.15) is 29.1 Å². The molecule has 0 N–H and O–H groups in total. The fraction of sp³-hybridized carbons (Fsp3) is 0.561. The van der Waals surface area contributed by atoms with Crippen molar-refractivity contribution in [1.29, 1.82) is 0 Å². The highest BCUT2D eigenvalue weighted by atomic mass is 35.5. The van der Waals surface area contributed by atoms with Crippen LogP contribution in [0.2, 0.25) is 21.6 Å². The van der Waals surface area contributed by atoms with Crippen LogP contribution in [0.1, 0.15) is 93.2 Å². The Labute approximate surface area is 341 Å². The first kappa shape index (κ1) is 42.5. The lowest BCUT2D eigenvalue weighted by molar-refractivity contribution is -0.137. The number of amides is 1. The molecule has 1 aromatic carbocycles. The molecule has 5 heterocycles. The van der Waals surface area contributed by atoms with Crippen LogP contribution in [0.5, 0.6) is 0 Å². The SMILES string of the molecule is CC(C)[Si](c1sc([SH]2C[C@@H](c3cccnc3)Cn3c(=O)nc(N4C[C@@H](C)N(C(=O)OC(C)(C)C)[C@@H](C)C4)c4cc(C(F)(F)F)cc2c43)cc1Cl)(C(C)C)C(C)C. The Kier molecular flexibility index (Phi) is 11.8. The molecular weight excluding hydrogens is 795 g/mol. The van der Waals surface area contributed by atoms with Crippen LogP contribution in [0, 0.1) is 0 Å². The van der Waals surface area contributed by atoms with Gasteiger partial charge in [0.2, 0.25) is 0 Å². The van der Waals surface area contributed by atoms with Gasteiger partial charge in [-0.15, -0.1) is 11.3 Å². The first-order valence-corrected chi connectivity index (χ1v) is 24.4. The van der Waals surface area contributed by atoms with Crippen LogP contribution in [0.4, 0.5) is 23.8 Å². The predicted octanol–water partition coefficient (Wildman–Crippen LogP) is 10.5. The number of hydrogen-bond acceptors (Lipinski definition) is 7. The number of thiophene rings is 1. The molecule has 2 aliphatic heterocycles. The van der Waals surface area contributed by atoms with Crippen molar-refractivity contribution >= 4 is 69.2 Å². The molecule has 4 atom stereocenters. The van der Waals surface area contributed by atoms with Crippen molar-refractivity contribution in [2.24, 2.45) is 0 Å². The lowest BCUT2D eigenvalue weighted by Gasteiger charge is -2.45. The lowest BCUT2D eigenvalue weighted by Crippen LogP contribution is -2.59. The standard InChI is InChI=1S/C41H55ClF3N5O3S2Si/c1-23(2)56(24(3)4,25(5)6)37-32(42)17-34(54-37)55-22-29(28-13-12-14-46-18-28)21-49-35-31(15-30(16-33(35)55)41(43,44)45)36(47-38(49)51)48-19-26(7)50(27(8)20-48)39(52)53-40(9,10)11/h12-18,23-27,29,55H,19-22H2,1-11H3/t26-,27+,29-/m0/s1. The summed E-state index contributed by atoms with van der Waals surface area (Å²) in [5.74, 6) is 0.475. The number of piperazine rings is 1. The van der Waals surface area contributed by atoms with Crippen LogP contribution in [0.25, 0.3) is 10.9 Å². The molecule has 0 spiro atoms. The zero-order chi connectivity index (χ0) is 41.2. The quantitative estimate of drug-likeness (QED) is 0.147. The monoisotopic (exact) mass is 849 g/mol. The summed E-state index contributed by atoms with van der Waals surface area (Å²) < 4.78 is 54.7. The third-order valence-corrected chi connectivity index (χ3v) is 24.4. The Bertz CT molecular complexity index is 2120. The van der Waals surface area contributed by atoms with E-state index in [4.69, 9.17) is 16.3 Å². The minimum atomic E-state index is -4.66. The number of ether oxygens (including phenoxy) is 1. The maximum Gasteiger partial charge on any atom is 0.416 e. The zero-order valence-corrected chi connectivity index (χ0v) is 37.6. The number of benzene rings is 1. The van der Waals surface area contributed by atoms with Gasteiger partial charge in [0.1, 0.15) is 19.5 Å². The fourth-order valence-corrected chi connectivity index (χ4v) is 24.1. The lowest BCUT2D eigenvalue weighted by atomic mass is 10.0.